The van der Waals surface area contributed by atoms with E-state index in [2.05, 4.69) is 0 Å². The van der Waals surface area contributed by atoms with Gasteiger partial charge in [-0.15, -0.1) is 0 Å². The van der Waals surface area contributed by atoms with Crippen LogP contribution in [0, 0.1) is 5.82 Å². The maximum Gasteiger partial charge on any atom is 0.416 e. The van der Waals surface area contributed by atoms with E-state index < -0.39 is 17.6 Å². The molecule has 0 aliphatic carbocycles. The lowest BCUT2D eigenvalue weighted by molar-refractivity contribution is -0.137. The summed E-state index contributed by atoms with van der Waals surface area (Å²) in [5.41, 5.74) is 1.12. The van der Waals surface area contributed by atoms with Gasteiger partial charge < -0.3 is 14.4 Å². The number of benzene rings is 3. The first-order chi connectivity index (χ1) is 15.7. The van der Waals surface area contributed by atoms with Crippen LogP contribution in [0.5, 0.6) is 11.5 Å². The summed E-state index contributed by atoms with van der Waals surface area (Å²) in [6.45, 7) is 0.223. The van der Waals surface area contributed by atoms with Crippen molar-refractivity contribution in [3.63, 3.8) is 0 Å². The zero-order valence-corrected chi connectivity index (χ0v) is 18.2. The molecule has 0 aromatic heterocycles. The number of amides is 1. The van der Waals surface area contributed by atoms with Crippen LogP contribution in [0.2, 0.25) is 0 Å². The summed E-state index contributed by atoms with van der Waals surface area (Å²) in [5, 5.41) is 0. The molecule has 1 amide bonds. The number of halogens is 4. The fraction of sp³-hybridized carbons (Fsp3) is 0.240. The minimum absolute atomic E-state index is 0.0294. The summed E-state index contributed by atoms with van der Waals surface area (Å²) >= 11 is 0. The highest BCUT2D eigenvalue weighted by Crippen LogP contribution is 2.32. The lowest BCUT2D eigenvalue weighted by Gasteiger charge is -2.24. The second-order valence-corrected chi connectivity index (χ2v) is 7.33. The van der Waals surface area contributed by atoms with Crippen molar-refractivity contribution in [2.75, 3.05) is 25.7 Å². The summed E-state index contributed by atoms with van der Waals surface area (Å²) in [7, 11) is 2.98. The number of alkyl halides is 3. The first-order valence-corrected chi connectivity index (χ1v) is 10.1. The Labute approximate surface area is 189 Å². The molecule has 3 aromatic rings. The summed E-state index contributed by atoms with van der Waals surface area (Å²) in [5.74, 6) is 0.282. The van der Waals surface area contributed by atoms with Crippen molar-refractivity contribution in [2.24, 2.45) is 0 Å². The van der Waals surface area contributed by atoms with Gasteiger partial charge in [-0.2, -0.15) is 13.2 Å². The van der Waals surface area contributed by atoms with E-state index in [1.807, 2.05) is 0 Å². The van der Waals surface area contributed by atoms with Gasteiger partial charge in [-0.25, -0.2) is 4.39 Å². The Morgan fingerprint density at radius 2 is 1.45 bits per heavy atom. The van der Waals surface area contributed by atoms with Crippen molar-refractivity contribution in [3.05, 3.63) is 89.2 Å². The first kappa shape index (κ1) is 24.1. The molecule has 0 radical (unpaired) electrons. The van der Waals surface area contributed by atoms with Crippen LogP contribution in [-0.2, 0) is 23.8 Å². The van der Waals surface area contributed by atoms with E-state index in [-0.39, 0.29) is 18.9 Å². The molecule has 0 spiro atoms. The van der Waals surface area contributed by atoms with E-state index in [4.69, 9.17) is 9.47 Å². The number of carbonyl (C=O) groups excluding carboxylic acids is 1. The van der Waals surface area contributed by atoms with Crippen LogP contribution in [0.1, 0.15) is 16.7 Å². The topological polar surface area (TPSA) is 38.8 Å². The van der Waals surface area contributed by atoms with Crippen LogP contribution in [0.4, 0.5) is 23.2 Å². The van der Waals surface area contributed by atoms with Gasteiger partial charge in [0, 0.05) is 18.3 Å². The van der Waals surface area contributed by atoms with Gasteiger partial charge in [0.15, 0.2) is 11.5 Å². The lowest BCUT2D eigenvalue weighted by Crippen LogP contribution is -2.34. The summed E-state index contributed by atoms with van der Waals surface area (Å²) < 4.78 is 62.3. The molecule has 0 aliphatic rings. The van der Waals surface area contributed by atoms with Gasteiger partial charge >= 0.3 is 6.18 Å². The normalized spacial score (nSPS) is 11.2. The molecule has 0 atom stereocenters. The van der Waals surface area contributed by atoms with Gasteiger partial charge in [-0.3, -0.25) is 4.79 Å². The number of rotatable bonds is 8. The second kappa shape index (κ2) is 10.4. The Hall–Kier alpha value is -3.55. The fourth-order valence-electron chi connectivity index (χ4n) is 3.36. The molecule has 8 heteroatoms. The molecule has 3 rings (SSSR count). The highest BCUT2D eigenvalue weighted by atomic mass is 19.4. The quantitative estimate of drug-likeness (QED) is 0.405. The minimum atomic E-state index is -4.41. The third kappa shape index (κ3) is 6.25. The fourth-order valence-corrected chi connectivity index (χ4v) is 3.36. The molecule has 0 unspecified atom stereocenters. The van der Waals surface area contributed by atoms with Crippen LogP contribution >= 0.6 is 0 Å². The van der Waals surface area contributed by atoms with Crippen molar-refractivity contribution in [2.45, 2.75) is 19.0 Å². The monoisotopic (exact) mass is 461 g/mol. The third-order valence-corrected chi connectivity index (χ3v) is 5.15. The lowest BCUT2D eigenvalue weighted by atomic mass is 10.1. The average Bonchev–Trinajstić information content (AvgIpc) is 2.80. The summed E-state index contributed by atoms with van der Waals surface area (Å²) in [6, 6.07) is 15.5. The van der Waals surface area contributed by atoms with E-state index in [9.17, 15) is 22.4 Å². The minimum Gasteiger partial charge on any atom is -0.493 e. The predicted molar refractivity (Wildman–Crippen MR) is 117 cm³/mol. The number of methoxy groups -OCH3 is 2. The van der Waals surface area contributed by atoms with Crippen LogP contribution in [-0.4, -0.2) is 26.7 Å². The van der Waals surface area contributed by atoms with Crippen LogP contribution in [0.3, 0.4) is 0 Å². The van der Waals surface area contributed by atoms with Gasteiger partial charge in [0.05, 0.1) is 26.2 Å². The smallest absolute Gasteiger partial charge is 0.416 e. The van der Waals surface area contributed by atoms with Gasteiger partial charge in [0.25, 0.3) is 0 Å². The third-order valence-electron chi connectivity index (χ3n) is 5.15. The Morgan fingerprint density at radius 1 is 0.848 bits per heavy atom. The van der Waals surface area contributed by atoms with Gasteiger partial charge in [-0.05, 0) is 53.9 Å². The van der Waals surface area contributed by atoms with E-state index >= 15 is 0 Å². The molecule has 0 bridgehead atoms. The maximum absolute atomic E-state index is 13.2. The summed E-state index contributed by atoms with van der Waals surface area (Å²) in [4.78, 5) is 14.7. The largest absolute Gasteiger partial charge is 0.493 e. The van der Waals surface area contributed by atoms with Crippen molar-refractivity contribution in [1.29, 1.82) is 0 Å². The second-order valence-electron chi connectivity index (χ2n) is 7.33. The standard InChI is InChI=1S/C25H23F4NO3/c1-32-22-12-11-21(16-23(22)33-2)30(24(31)15-18-5-9-20(26)10-6-18)14-13-17-3-7-19(8-4-17)25(27,28)29/h3-12,16H,13-15H2,1-2H3. The summed E-state index contributed by atoms with van der Waals surface area (Å²) in [6.07, 6.45) is -4.04. The molecular formula is C25H23F4NO3. The maximum atomic E-state index is 13.2. The molecule has 33 heavy (non-hydrogen) atoms. The van der Waals surface area contributed by atoms with Crippen LogP contribution in [0.25, 0.3) is 0 Å². The number of anilines is 1. The zero-order chi connectivity index (χ0) is 24.0. The predicted octanol–water partition coefficient (Wildman–Crippen LogP) is 5.68. The molecule has 3 aromatic carbocycles. The number of hydrogen-bond donors (Lipinski definition) is 0. The van der Waals surface area contributed by atoms with Crippen molar-refractivity contribution in [1.82, 2.24) is 0 Å². The highest BCUT2D eigenvalue weighted by molar-refractivity contribution is 5.95. The van der Waals surface area contributed by atoms with Gasteiger partial charge in [0.1, 0.15) is 5.82 Å². The molecule has 0 aliphatic heterocycles. The van der Waals surface area contributed by atoms with E-state index in [0.717, 1.165) is 12.1 Å². The van der Waals surface area contributed by atoms with Crippen LogP contribution in [0.15, 0.2) is 66.7 Å². The average molecular weight is 461 g/mol. The molecule has 0 N–H and O–H groups in total. The van der Waals surface area contributed by atoms with Crippen molar-refractivity contribution < 1.29 is 31.8 Å². The SMILES string of the molecule is COc1ccc(N(CCc2ccc(C(F)(F)F)cc2)C(=O)Cc2ccc(F)cc2)cc1OC. The molecule has 174 valence electrons. The zero-order valence-electron chi connectivity index (χ0n) is 18.2. The van der Waals surface area contributed by atoms with E-state index in [0.29, 0.717) is 34.7 Å². The van der Waals surface area contributed by atoms with Gasteiger partial charge in [-0.1, -0.05) is 24.3 Å². The molecule has 0 saturated heterocycles. The number of ether oxygens (including phenoxy) is 2. The number of hydrogen-bond acceptors (Lipinski definition) is 3. The Morgan fingerprint density at radius 3 is 2.03 bits per heavy atom. The first-order valence-electron chi connectivity index (χ1n) is 10.1. The molecular weight excluding hydrogens is 438 g/mol. The van der Waals surface area contributed by atoms with E-state index in [1.54, 1.807) is 18.2 Å². The molecule has 0 fully saturated rings. The van der Waals surface area contributed by atoms with Crippen molar-refractivity contribution in [3.8, 4) is 11.5 Å². The van der Waals surface area contributed by atoms with E-state index in [1.165, 1.54) is 55.5 Å². The van der Waals surface area contributed by atoms with Gasteiger partial charge in [0.2, 0.25) is 5.91 Å². The Kier molecular flexibility index (Phi) is 7.58. The number of nitrogens with zero attached hydrogens (tertiary/aromatic N) is 1. The number of carbonyl (C=O) groups is 1. The highest BCUT2D eigenvalue weighted by Gasteiger charge is 2.30. The van der Waals surface area contributed by atoms with Crippen molar-refractivity contribution >= 4 is 11.6 Å². The Bertz CT molecular complexity index is 1080. The van der Waals surface area contributed by atoms with Crippen LogP contribution < -0.4 is 14.4 Å². The molecule has 4 nitrogen and oxygen atoms in total. The molecule has 0 heterocycles. The Balaban J connectivity index is 1.84. The molecule has 0 saturated carbocycles.